The molecule has 0 aliphatic rings. The molecule has 2 aromatic rings. The predicted octanol–water partition coefficient (Wildman–Crippen LogP) is 2.95. The van der Waals surface area contributed by atoms with Crippen LogP contribution in [0.15, 0.2) is 36.4 Å². The number of carbonyl (C=O) groups is 1. The Labute approximate surface area is 173 Å². The number of rotatable bonds is 14. The van der Waals surface area contributed by atoms with Crippen molar-refractivity contribution in [3.63, 3.8) is 0 Å². The molecule has 1 atom stereocenters. The molecule has 1 aromatic heterocycles. The van der Waals surface area contributed by atoms with Crippen molar-refractivity contribution in [2.24, 2.45) is 7.05 Å². The molecule has 1 unspecified atom stereocenters. The van der Waals surface area contributed by atoms with Gasteiger partial charge in [-0.05, 0) is 31.7 Å². The van der Waals surface area contributed by atoms with Crippen LogP contribution in [0, 0.1) is 0 Å². The van der Waals surface area contributed by atoms with Crippen LogP contribution in [0.2, 0.25) is 0 Å². The number of hydrogen-bond donors (Lipinski definition) is 1. The average Bonchev–Trinajstić information content (AvgIpc) is 3.09. The van der Waals surface area contributed by atoms with Gasteiger partial charge in [0.1, 0.15) is 6.04 Å². The quantitative estimate of drug-likeness (QED) is 0.391. The van der Waals surface area contributed by atoms with E-state index in [2.05, 4.69) is 40.5 Å². The van der Waals surface area contributed by atoms with E-state index in [-0.39, 0.29) is 6.04 Å². The van der Waals surface area contributed by atoms with E-state index in [1.807, 2.05) is 48.0 Å². The maximum atomic E-state index is 11.1. The lowest BCUT2D eigenvalue weighted by Crippen LogP contribution is -2.27. The summed E-state index contributed by atoms with van der Waals surface area (Å²) in [5, 5.41) is 11.3. The molecule has 0 bridgehead atoms. The highest BCUT2D eigenvalue weighted by Crippen LogP contribution is 2.13. The Kier molecular flexibility index (Phi) is 10.1. The predicted molar refractivity (Wildman–Crippen MR) is 115 cm³/mol. The lowest BCUT2D eigenvalue weighted by Gasteiger charge is -2.16. The van der Waals surface area contributed by atoms with Crippen molar-refractivity contribution in [3.8, 4) is 0 Å². The summed E-state index contributed by atoms with van der Waals surface area (Å²) in [4.78, 5) is 13.3. The first-order chi connectivity index (χ1) is 14.2. The molecule has 7 nitrogen and oxygen atoms in total. The molecule has 1 aromatic carbocycles. The highest BCUT2D eigenvalue weighted by Gasteiger charge is 2.18. The van der Waals surface area contributed by atoms with Crippen molar-refractivity contribution in [2.45, 2.75) is 38.8 Å². The molecule has 7 heteroatoms. The Bertz CT molecular complexity index is 745. The van der Waals surface area contributed by atoms with Gasteiger partial charge in [-0.25, -0.2) is 0 Å². The summed E-state index contributed by atoms with van der Waals surface area (Å²) in [6.45, 7) is 4.97. The fraction of sp³-hybridized carbons (Fsp3) is 0.500. The molecule has 1 amide bonds. The van der Waals surface area contributed by atoms with Crippen molar-refractivity contribution >= 4 is 12.5 Å². The van der Waals surface area contributed by atoms with E-state index >= 15 is 0 Å². The standard InChI is InChI=1S/C22H33N5O2/c1-4-5-9-14-26(2)15-10-13-21-24-25-22(27(21)3)20(23-18-28)17-29-16-19-11-7-6-8-12-19/h6-8,10-13,18,20H,4-5,9,14-17H2,1-3H3,(H,23,28)/b13-10-. The molecule has 0 spiro atoms. The smallest absolute Gasteiger partial charge is 0.207 e. The van der Waals surface area contributed by atoms with E-state index in [1.165, 1.54) is 19.3 Å². The van der Waals surface area contributed by atoms with Gasteiger partial charge in [0.15, 0.2) is 11.6 Å². The molecule has 2 rings (SSSR count). The maximum Gasteiger partial charge on any atom is 0.207 e. The summed E-state index contributed by atoms with van der Waals surface area (Å²) in [5.74, 6) is 1.42. The Hall–Kier alpha value is -2.51. The molecular formula is C22H33N5O2. The number of unbranched alkanes of at least 4 members (excludes halogenated alkanes) is 2. The van der Waals surface area contributed by atoms with Crippen LogP contribution in [-0.4, -0.2) is 52.8 Å². The minimum absolute atomic E-state index is 0.323. The zero-order valence-corrected chi connectivity index (χ0v) is 17.8. The summed E-state index contributed by atoms with van der Waals surface area (Å²) in [5.41, 5.74) is 1.09. The monoisotopic (exact) mass is 399 g/mol. The summed E-state index contributed by atoms with van der Waals surface area (Å²) in [6, 6.07) is 9.58. The second-order valence-electron chi connectivity index (χ2n) is 7.18. The van der Waals surface area contributed by atoms with Crippen LogP contribution in [0.3, 0.4) is 0 Å². The first-order valence-corrected chi connectivity index (χ1v) is 10.2. The van der Waals surface area contributed by atoms with Crippen LogP contribution in [-0.2, 0) is 23.2 Å². The van der Waals surface area contributed by atoms with Crippen LogP contribution in [0.4, 0.5) is 0 Å². The molecular weight excluding hydrogens is 366 g/mol. The number of hydrogen-bond acceptors (Lipinski definition) is 5. The highest BCUT2D eigenvalue weighted by molar-refractivity contribution is 5.47. The van der Waals surface area contributed by atoms with Crippen LogP contribution in [0.25, 0.3) is 6.08 Å². The Morgan fingerprint density at radius 1 is 1.24 bits per heavy atom. The minimum atomic E-state index is -0.354. The summed E-state index contributed by atoms with van der Waals surface area (Å²) >= 11 is 0. The van der Waals surface area contributed by atoms with Crippen LogP contribution >= 0.6 is 0 Å². The highest BCUT2D eigenvalue weighted by atomic mass is 16.5. The Balaban J connectivity index is 1.91. The van der Waals surface area contributed by atoms with Gasteiger partial charge in [0.25, 0.3) is 0 Å². The number of amides is 1. The molecule has 0 radical (unpaired) electrons. The number of likely N-dealkylation sites (N-methyl/N-ethyl adjacent to an activating group) is 1. The van der Waals surface area contributed by atoms with Crippen molar-refractivity contribution in [1.82, 2.24) is 25.0 Å². The van der Waals surface area contributed by atoms with Crippen molar-refractivity contribution < 1.29 is 9.53 Å². The van der Waals surface area contributed by atoms with E-state index in [0.29, 0.717) is 25.4 Å². The zero-order valence-electron chi connectivity index (χ0n) is 17.8. The van der Waals surface area contributed by atoms with Gasteiger partial charge in [-0.1, -0.05) is 56.2 Å². The third-order valence-electron chi connectivity index (χ3n) is 4.75. The van der Waals surface area contributed by atoms with Crippen molar-refractivity contribution in [1.29, 1.82) is 0 Å². The van der Waals surface area contributed by atoms with Gasteiger partial charge in [-0.3, -0.25) is 4.79 Å². The fourth-order valence-corrected chi connectivity index (χ4v) is 3.01. The third kappa shape index (κ3) is 7.79. The first-order valence-electron chi connectivity index (χ1n) is 10.2. The van der Waals surface area contributed by atoms with E-state index in [9.17, 15) is 4.79 Å². The molecule has 0 aliphatic heterocycles. The van der Waals surface area contributed by atoms with Gasteiger partial charge in [0, 0.05) is 13.6 Å². The fourth-order valence-electron chi connectivity index (χ4n) is 3.01. The zero-order chi connectivity index (χ0) is 20.9. The van der Waals surface area contributed by atoms with E-state index < -0.39 is 0 Å². The van der Waals surface area contributed by atoms with Crippen LogP contribution in [0.5, 0.6) is 0 Å². The SMILES string of the molecule is CCCCCN(C)C/C=C\c1nnc(C(COCc2ccccc2)NC=O)n1C. The molecule has 29 heavy (non-hydrogen) atoms. The van der Waals surface area contributed by atoms with E-state index in [1.54, 1.807) is 0 Å². The normalized spacial score (nSPS) is 12.6. The van der Waals surface area contributed by atoms with Crippen LogP contribution in [0.1, 0.15) is 49.4 Å². The lowest BCUT2D eigenvalue weighted by atomic mass is 10.2. The number of benzene rings is 1. The molecule has 0 fully saturated rings. The largest absolute Gasteiger partial charge is 0.374 e. The molecule has 0 aliphatic carbocycles. The molecule has 158 valence electrons. The van der Waals surface area contributed by atoms with Gasteiger partial charge in [0.05, 0.1) is 13.2 Å². The van der Waals surface area contributed by atoms with Crippen LogP contribution < -0.4 is 5.32 Å². The van der Waals surface area contributed by atoms with E-state index in [4.69, 9.17) is 4.74 Å². The van der Waals surface area contributed by atoms with Crippen molar-refractivity contribution in [2.75, 3.05) is 26.7 Å². The van der Waals surface area contributed by atoms with Gasteiger partial charge in [-0.2, -0.15) is 0 Å². The van der Waals surface area contributed by atoms with Gasteiger partial charge in [0.2, 0.25) is 6.41 Å². The first kappa shape index (κ1) is 22.8. The Morgan fingerprint density at radius 3 is 2.76 bits per heavy atom. The van der Waals surface area contributed by atoms with E-state index in [0.717, 1.165) is 24.5 Å². The topological polar surface area (TPSA) is 72.3 Å². The van der Waals surface area contributed by atoms with Gasteiger partial charge < -0.3 is 19.5 Å². The lowest BCUT2D eigenvalue weighted by molar-refractivity contribution is -0.110. The maximum absolute atomic E-state index is 11.1. The number of nitrogens with zero attached hydrogens (tertiary/aromatic N) is 4. The molecule has 0 saturated carbocycles. The Morgan fingerprint density at radius 2 is 2.03 bits per heavy atom. The summed E-state index contributed by atoms with van der Waals surface area (Å²) < 4.78 is 7.67. The second kappa shape index (κ2) is 12.9. The third-order valence-corrected chi connectivity index (χ3v) is 4.75. The number of carbonyl (C=O) groups excluding carboxylic acids is 1. The van der Waals surface area contributed by atoms with Crippen molar-refractivity contribution in [3.05, 3.63) is 53.6 Å². The summed E-state index contributed by atoms with van der Waals surface area (Å²) in [7, 11) is 4.02. The number of ether oxygens (including phenoxy) is 1. The van der Waals surface area contributed by atoms with Gasteiger partial charge in [-0.15, -0.1) is 10.2 Å². The minimum Gasteiger partial charge on any atom is -0.374 e. The summed E-state index contributed by atoms with van der Waals surface area (Å²) in [6.07, 6.45) is 8.45. The number of nitrogens with one attached hydrogen (secondary N) is 1. The average molecular weight is 400 g/mol. The molecule has 0 saturated heterocycles. The number of aromatic nitrogens is 3. The molecule has 1 heterocycles. The van der Waals surface area contributed by atoms with Gasteiger partial charge >= 0.3 is 0 Å². The molecule has 1 N–H and O–H groups in total. The second-order valence-corrected chi connectivity index (χ2v) is 7.18.